The molecule has 1 unspecified atom stereocenters. The van der Waals surface area contributed by atoms with Gasteiger partial charge in [-0.15, -0.1) is 0 Å². The van der Waals surface area contributed by atoms with E-state index in [9.17, 15) is 9.59 Å². The molecule has 1 saturated heterocycles. The van der Waals surface area contributed by atoms with Gasteiger partial charge in [-0.05, 0) is 44.9 Å². The number of ether oxygens (including phenoxy) is 1. The highest BCUT2D eigenvalue weighted by Gasteiger charge is 2.58. The van der Waals surface area contributed by atoms with Crippen LogP contribution in [0.15, 0.2) is 18.2 Å². The molecule has 0 aromatic heterocycles. The molecule has 1 aromatic carbocycles. The van der Waals surface area contributed by atoms with Gasteiger partial charge in [-0.3, -0.25) is 9.69 Å². The van der Waals surface area contributed by atoms with Crippen molar-refractivity contribution in [3.8, 4) is 5.75 Å². The van der Waals surface area contributed by atoms with Crippen molar-refractivity contribution in [2.24, 2.45) is 0 Å². The van der Waals surface area contributed by atoms with Crippen LogP contribution in [0.2, 0.25) is 5.02 Å². The van der Waals surface area contributed by atoms with E-state index in [0.29, 0.717) is 29.3 Å². The molecule has 2 aliphatic rings. The van der Waals surface area contributed by atoms with Gasteiger partial charge in [0.15, 0.2) is 5.54 Å². The SMILES string of the molecule is CC1(C)CC2(NC(=O)N(CCCCCCBr)C2=O)c2cc(Cl)ccc2O1. The van der Waals surface area contributed by atoms with Gasteiger partial charge in [0.2, 0.25) is 0 Å². The third-order valence-electron chi connectivity index (χ3n) is 4.92. The van der Waals surface area contributed by atoms with Crippen LogP contribution in [0.1, 0.15) is 51.5 Å². The normalized spacial score (nSPS) is 23.8. The number of carbonyl (C=O) groups is 2. The molecular weight excluding hydrogens is 420 g/mol. The highest BCUT2D eigenvalue weighted by Crippen LogP contribution is 2.47. The van der Waals surface area contributed by atoms with Gasteiger partial charge in [-0.25, -0.2) is 4.79 Å². The molecule has 2 aliphatic heterocycles. The molecule has 3 amide bonds. The molecular formula is C19H24BrClN2O3. The average Bonchev–Trinajstić information content (AvgIpc) is 2.79. The summed E-state index contributed by atoms with van der Waals surface area (Å²) < 4.78 is 6.02. The Hall–Kier alpha value is -1.27. The molecule has 0 bridgehead atoms. The van der Waals surface area contributed by atoms with Gasteiger partial charge >= 0.3 is 6.03 Å². The number of unbranched alkanes of at least 4 members (excludes halogenated alkanes) is 3. The van der Waals surface area contributed by atoms with Crippen LogP contribution in [-0.2, 0) is 10.3 Å². The van der Waals surface area contributed by atoms with Crippen molar-refractivity contribution < 1.29 is 14.3 Å². The monoisotopic (exact) mass is 442 g/mol. The van der Waals surface area contributed by atoms with Gasteiger partial charge in [0.25, 0.3) is 5.91 Å². The van der Waals surface area contributed by atoms with Crippen molar-refractivity contribution in [1.29, 1.82) is 0 Å². The third-order valence-corrected chi connectivity index (χ3v) is 5.72. The molecule has 0 aliphatic carbocycles. The van der Waals surface area contributed by atoms with Crippen LogP contribution in [0.4, 0.5) is 4.79 Å². The standard InChI is InChI=1S/C19H24BrClN2O3/c1-18(2)12-19(14-11-13(21)7-8-15(14)26-18)16(24)23(17(25)22-19)10-6-4-3-5-9-20/h7-8,11H,3-6,9-10,12H2,1-2H3,(H,22,25). The molecule has 1 N–H and O–H groups in total. The molecule has 1 aromatic rings. The first-order valence-corrected chi connectivity index (χ1v) is 10.5. The van der Waals surface area contributed by atoms with Crippen LogP contribution in [0.3, 0.4) is 0 Å². The number of urea groups is 1. The van der Waals surface area contributed by atoms with E-state index in [-0.39, 0.29) is 11.9 Å². The first-order valence-electron chi connectivity index (χ1n) is 8.98. The highest BCUT2D eigenvalue weighted by atomic mass is 79.9. The number of nitrogens with one attached hydrogen (secondary N) is 1. The molecule has 142 valence electrons. The fourth-order valence-corrected chi connectivity index (χ4v) is 4.41. The summed E-state index contributed by atoms with van der Waals surface area (Å²) in [5, 5.41) is 4.45. The zero-order valence-electron chi connectivity index (χ0n) is 15.1. The van der Waals surface area contributed by atoms with Crippen molar-refractivity contribution in [2.45, 2.75) is 57.1 Å². The number of hydrogen-bond acceptors (Lipinski definition) is 3. The van der Waals surface area contributed by atoms with Crippen LogP contribution in [0, 0.1) is 0 Å². The molecule has 26 heavy (non-hydrogen) atoms. The van der Waals surface area contributed by atoms with Crippen molar-refractivity contribution in [1.82, 2.24) is 10.2 Å². The summed E-state index contributed by atoms with van der Waals surface area (Å²) in [6.45, 7) is 4.29. The van der Waals surface area contributed by atoms with E-state index in [0.717, 1.165) is 31.0 Å². The number of hydrogen-bond donors (Lipinski definition) is 1. The Labute approximate surface area is 167 Å². The predicted molar refractivity (Wildman–Crippen MR) is 105 cm³/mol. The Morgan fingerprint density at radius 2 is 1.96 bits per heavy atom. The first-order chi connectivity index (χ1) is 12.3. The van der Waals surface area contributed by atoms with Gasteiger partial charge in [0.05, 0.1) is 0 Å². The van der Waals surface area contributed by atoms with Crippen LogP contribution >= 0.6 is 27.5 Å². The lowest BCUT2D eigenvalue weighted by atomic mass is 9.77. The molecule has 2 heterocycles. The van der Waals surface area contributed by atoms with E-state index in [1.807, 2.05) is 13.8 Å². The van der Waals surface area contributed by atoms with Crippen LogP contribution in [0.5, 0.6) is 5.75 Å². The first kappa shape index (κ1) is 19.5. The van der Waals surface area contributed by atoms with E-state index in [1.165, 1.54) is 4.90 Å². The largest absolute Gasteiger partial charge is 0.487 e. The number of nitrogens with zero attached hydrogens (tertiary/aromatic N) is 1. The second kappa shape index (κ2) is 7.39. The lowest BCUT2D eigenvalue weighted by molar-refractivity contribution is -0.134. The Bertz CT molecular complexity index is 725. The summed E-state index contributed by atoms with van der Waals surface area (Å²) in [6, 6.07) is 4.89. The van der Waals surface area contributed by atoms with Crippen LogP contribution in [-0.4, -0.2) is 34.3 Å². The van der Waals surface area contributed by atoms with Gasteiger partial charge in [-0.1, -0.05) is 40.4 Å². The second-order valence-corrected chi connectivity index (χ2v) is 8.80. The maximum Gasteiger partial charge on any atom is 0.325 e. The van der Waals surface area contributed by atoms with Gasteiger partial charge in [0, 0.05) is 28.9 Å². The van der Waals surface area contributed by atoms with Crippen molar-refractivity contribution in [2.75, 3.05) is 11.9 Å². The molecule has 1 spiro atoms. The van der Waals surface area contributed by atoms with Crippen molar-refractivity contribution >= 4 is 39.5 Å². The number of fused-ring (bicyclic) bond motifs is 2. The van der Waals surface area contributed by atoms with Gasteiger partial charge in [-0.2, -0.15) is 0 Å². The number of benzene rings is 1. The van der Waals surface area contributed by atoms with E-state index in [2.05, 4.69) is 21.2 Å². The number of rotatable bonds is 6. The fraction of sp³-hybridized carbons (Fsp3) is 0.579. The maximum absolute atomic E-state index is 13.3. The summed E-state index contributed by atoms with van der Waals surface area (Å²) in [4.78, 5) is 27.3. The topological polar surface area (TPSA) is 58.6 Å². The summed E-state index contributed by atoms with van der Waals surface area (Å²) in [5.74, 6) is 0.390. The Kier molecular flexibility index (Phi) is 5.54. The van der Waals surface area contributed by atoms with E-state index in [1.54, 1.807) is 18.2 Å². The Balaban J connectivity index is 1.87. The van der Waals surface area contributed by atoms with Crippen LogP contribution < -0.4 is 10.1 Å². The molecule has 1 fully saturated rings. The van der Waals surface area contributed by atoms with E-state index in [4.69, 9.17) is 16.3 Å². The number of halogens is 2. The molecule has 0 saturated carbocycles. The third kappa shape index (κ3) is 3.58. The Morgan fingerprint density at radius 1 is 1.23 bits per heavy atom. The zero-order valence-corrected chi connectivity index (χ0v) is 17.5. The summed E-state index contributed by atoms with van der Waals surface area (Å²) in [6.07, 6.45) is 4.36. The fourth-order valence-electron chi connectivity index (χ4n) is 3.84. The summed E-state index contributed by atoms with van der Waals surface area (Å²) >= 11 is 9.58. The molecule has 5 nitrogen and oxygen atoms in total. The van der Waals surface area contributed by atoms with Crippen LogP contribution in [0.25, 0.3) is 0 Å². The maximum atomic E-state index is 13.3. The van der Waals surface area contributed by atoms with Crippen molar-refractivity contribution in [3.63, 3.8) is 0 Å². The minimum Gasteiger partial charge on any atom is -0.487 e. The van der Waals surface area contributed by atoms with Gasteiger partial charge < -0.3 is 10.1 Å². The molecule has 3 rings (SSSR count). The molecule has 1 atom stereocenters. The molecule has 7 heteroatoms. The molecule has 0 radical (unpaired) electrons. The summed E-state index contributed by atoms with van der Waals surface area (Å²) in [7, 11) is 0. The van der Waals surface area contributed by atoms with Crippen molar-refractivity contribution in [3.05, 3.63) is 28.8 Å². The minimum absolute atomic E-state index is 0.206. The number of alkyl halides is 1. The lowest BCUT2D eigenvalue weighted by Crippen LogP contribution is -2.53. The number of amides is 3. The quantitative estimate of drug-likeness (QED) is 0.397. The van der Waals surface area contributed by atoms with E-state index < -0.39 is 11.1 Å². The lowest BCUT2D eigenvalue weighted by Gasteiger charge is -2.42. The summed E-state index contributed by atoms with van der Waals surface area (Å²) in [5.41, 5.74) is -1.03. The average molecular weight is 444 g/mol. The number of imide groups is 1. The van der Waals surface area contributed by atoms with Gasteiger partial charge in [0.1, 0.15) is 11.4 Å². The highest BCUT2D eigenvalue weighted by molar-refractivity contribution is 9.09. The second-order valence-electron chi connectivity index (χ2n) is 7.57. The smallest absolute Gasteiger partial charge is 0.325 e. The predicted octanol–water partition coefficient (Wildman–Crippen LogP) is 4.60. The Morgan fingerprint density at radius 3 is 2.69 bits per heavy atom. The van der Waals surface area contributed by atoms with E-state index >= 15 is 0 Å². The number of carbonyl (C=O) groups excluding carboxylic acids is 2. The zero-order chi connectivity index (χ0) is 18.9. The minimum atomic E-state index is -1.10.